The number of nitrogens with two attached hydrogens (primary N) is 1. The summed E-state index contributed by atoms with van der Waals surface area (Å²) in [5.41, 5.74) is 5.71. The van der Waals surface area contributed by atoms with E-state index in [0.29, 0.717) is 24.4 Å². The second-order valence-corrected chi connectivity index (χ2v) is 6.07. The van der Waals surface area contributed by atoms with Crippen molar-refractivity contribution in [2.45, 2.75) is 51.2 Å². The predicted molar refractivity (Wildman–Crippen MR) is 80.3 cm³/mol. The summed E-state index contributed by atoms with van der Waals surface area (Å²) in [7, 11) is 0. The Kier molecular flexibility index (Phi) is 4.05. The van der Waals surface area contributed by atoms with Crippen LogP contribution in [0.4, 0.5) is 5.82 Å². The van der Waals surface area contributed by atoms with Crippen molar-refractivity contribution in [2.24, 2.45) is 0 Å². The van der Waals surface area contributed by atoms with Crippen molar-refractivity contribution in [3.8, 4) is 0 Å². The number of carbonyl (C=O) groups excluding carboxylic acids is 1. The molecule has 0 spiro atoms. The highest BCUT2D eigenvalue weighted by Crippen LogP contribution is 2.29. The van der Waals surface area contributed by atoms with Gasteiger partial charge < -0.3 is 10.6 Å². The number of carbonyl (C=O) groups is 1. The quantitative estimate of drug-likeness (QED) is 0.876. The Labute approximate surface area is 125 Å². The van der Waals surface area contributed by atoms with E-state index in [1.54, 1.807) is 19.2 Å². The van der Waals surface area contributed by atoms with Crippen molar-refractivity contribution in [3.63, 3.8) is 0 Å². The van der Waals surface area contributed by atoms with E-state index in [2.05, 4.69) is 14.9 Å². The molecule has 0 bridgehead atoms. The van der Waals surface area contributed by atoms with Crippen molar-refractivity contribution in [1.82, 2.24) is 19.8 Å². The predicted octanol–water partition coefficient (Wildman–Crippen LogP) is 1.03. The summed E-state index contributed by atoms with van der Waals surface area (Å²) in [6.45, 7) is 4.27. The lowest BCUT2D eigenvalue weighted by atomic mass is 10.2. The van der Waals surface area contributed by atoms with Gasteiger partial charge in [-0.25, -0.2) is 9.97 Å². The second-order valence-electron chi connectivity index (χ2n) is 6.07. The van der Waals surface area contributed by atoms with Gasteiger partial charge in [0.25, 0.3) is 0 Å². The Morgan fingerprint density at radius 2 is 2.29 bits per heavy atom. The summed E-state index contributed by atoms with van der Waals surface area (Å²) in [5.74, 6) is 1.48. The molecule has 1 aromatic rings. The number of hydrogen-bond acceptors (Lipinski definition) is 5. The van der Waals surface area contributed by atoms with Gasteiger partial charge in [-0.2, -0.15) is 0 Å². The van der Waals surface area contributed by atoms with E-state index >= 15 is 0 Å². The van der Waals surface area contributed by atoms with Gasteiger partial charge in [0.1, 0.15) is 11.6 Å². The molecule has 1 aliphatic heterocycles. The molecule has 1 unspecified atom stereocenters. The summed E-state index contributed by atoms with van der Waals surface area (Å²) in [5, 5.41) is 0. The maximum absolute atomic E-state index is 11.8. The monoisotopic (exact) mass is 289 g/mol. The van der Waals surface area contributed by atoms with Crippen LogP contribution in [0.5, 0.6) is 0 Å². The number of nitrogen functional groups attached to an aromatic ring is 1. The first-order chi connectivity index (χ1) is 10.1. The minimum absolute atomic E-state index is 0.199. The highest BCUT2D eigenvalue weighted by molar-refractivity contribution is 5.74. The summed E-state index contributed by atoms with van der Waals surface area (Å²) in [4.78, 5) is 24.8. The molecule has 1 amide bonds. The molecule has 21 heavy (non-hydrogen) atoms. The van der Waals surface area contributed by atoms with Gasteiger partial charge >= 0.3 is 0 Å². The first-order valence-electron chi connectivity index (χ1n) is 7.72. The number of amides is 1. The number of anilines is 1. The van der Waals surface area contributed by atoms with E-state index in [1.807, 2.05) is 4.90 Å². The SMILES string of the molecule is CC(=O)N(CC1CCCN1Cc1nccc(N)n1)C1CC1. The van der Waals surface area contributed by atoms with Crippen LogP contribution in [0.15, 0.2) is 12.3 Å². The van der Waals surface area contributed by atoms with Gasteiger partial charge in [-0.05, 0) is 38.3 Å². The average molecular weight is 289 g/mol. The molecule has 2 aliphatic rings. The lowest BCUT2D eigenvalue weighted by Gasteiger charge is -2.30. The smallest absolute Gasteiger partial charge is 0.219 e. The van der Waals surface area contributed by atoms with E-state index in [0.717, 1.165) is 38.2 Å². The molecule has 3 rings (SSSR count). The fourth-order valence-electron chi connectivity index (χ4n) is 3.13. The molecule has 114 valence electrons. The van der Waals surface area contributed by atoms with Crippen LogP contribution < -0.4 is 5.73 Å². The van der Waals surface area contributed by atoms with Gasteiger partial charge in [0, 0.05) is 31.7 Å². The average Bonchev–Trinajstić information content (AvgIpc) is 3.18. The Morgan fingerprint density at radius 1 is 1.48 bits per heavy atom. The standard InChI is InChI=1S/C15H23N5O/c1-11(21)20(12-4-5-12)9-13-3-2-8-19(13)10-15-17-7-6-14(16)18-15/h6-7,12-13H,2-5,8-10H2,1H3,(H2,16,17,18). The Morgan fingerprint density at radius 3 is 2.95 bits per heavy atom. The first kappa shape index (κ1) is 14.3. The van der Waals surface area contributed by atoms with Crippen molar-refractivity contribution in [3.05, 3.63) is 18.1 Å². The fraction of sp³-hybridized carbons (Fsp3) is 0.667. The van der Waals surface area contributed by atoms with Crippen LogP contribution in [0, 0.1) is 0 Å². The zero-order chi connectivity index (χ0) is 14.8. The van der Waals surface area contributed by atoms with Gasteiger partial charge in [-0.15, -0.1) is 0 Å². The molecule has 2 N–H and O–H groups in total. The van der Waals surface area contributed by atoms with Crippen LogP contribution in [0.2, 0.25) is 0 Å². The number of nitrogens with zero attached hydrogens (tertiary/aromatic N) is 4. The van der Waals surface area contributed by atoms with E-state index in [9.17, 15) is 4.79 Å². The summed E-state index contributed by atoms with van der Waals surface area (Å²) in [6, 6.07) is 2.60. The van der Waals surface area contributed by atoms with E-state index in [4.69, 9.17) is 5.73 Å². The van der Waals surface area contributed by atoms with Gasteiger partial charge in [0.05, 0.1) is 6.54 Å². The van der Waals surface area contributed by atoms with Gasteiger partial charge in [-0.3, -0.25) is 9.69 Å². The van der Waals surface area contributed by atoms with Crippen molar-refractivity contribution in [2.75, 3.05) is 18.8 Å². The molecule has 6 heteroatoms. The number of likely N-dealkylation sites (tertiary alicyclic amines) is 1. The van der Waals surface area contributed by atoms with Gasteiger partial charge in [-0.1, -0.05) is 0 Å². The normalized spacial score (nSPS) is 22.4. The lowest BCUT2D eigenvalue weighted by molar-refractivity contribution is -0.130. The molecule has 1 saturated heterocycles. The second kappa shape index (κ2) is 5.97. The minimum Gasteiger partial charge on any atom is -0.384 e. The zero-order valence-corrected chi connectivity index (χ0v) is 12.5. The van der Waals surface area contributed by atoms with Crippen LogP contribution in [0.3, 0.4) is 0 Å². The fourth-order valence-corrected chi connectivity index (χ4v) is 3.13. The summed E-state index contributed by atoms with van der Waals surface area (Å²) >= 11 is 0. The molecule has 6 nitrogen and oxygen atoms in total. The van der Waals surface area contributed by atoms with Gasteiger partial charge in [0.15, 0.2) is 0 Å². The van der Waals surface area contributed by atoms with Crippen LogP contribution >= 0.6 is 0 Å². The van der Waals surface area contributed by atoms with Crippen molar-refractivity contribution < 1.29 is 4.79 Å². The van der Waals surface area contributed by atoms with E-state index < -0.39 is 0 Å². The highest BCUT2D eigenvalue weighted by Gasteiger charge is 2.35. The van der Waals surface area contributed by atoms with Crippen LogP contribution in [-0.4, -0.2) is 50.8 Å². The lowest BCUT2D eigenvalue weighted by Crippen LogP contribution is -2.43. The molecule has 1 atom stereocenters. The van der Waals surface area contributed by atoms with Crippen LogP contribution in [0.25, 0.3) is 0 Å². The topological polar surface area (TPSA) is 75.4 Å². The molecule has 0 aromatic carbocycles. The van der Waals surface area contributed by atoms with Crippen molar-refractivity contribution >= 4 is 11.7 Å². The maximum atomic E-state index is 11.8. The third-order valence-corrected chi connectivity index (χ3v) is 4.37. The zero-order valence-electron chi connectivity index (χ0n) is 12.5. The number of hydrogen-bond donors (Lipinski definition) is 1. The van der Waals surface area contributed by atoms with Gasteiger partial charge in [0.2, 0.25) is 5.91 Å². The number of aromatic nitrogens is 2. The Hall–Kier alpha value is -1.69. The Bertz CT molecular complexity index is 517. The highest BCUT2D eigenvalue weighted by atomic mass is 16.2. The molecule has 2 fully saturated rings. The number of rotatable bonds is 5. The van der Waals surface area contributed by atoms with E-state index in [1.165, 1.54) is 6.42 Å². The van der Waals surface area contributed by atoms with Crippen LogP contribution in [-0.2, 0) is 11.3 Å². The van der Waals surface area contributed by atoms with Crippen LogP contribution in [0.1, 0.15) is 38.4 Å². The first-order valence-corrected chi connectivity index (χ1v) is 7.72. The van der Waals surface area contributed by atoms with Crippen molar-refractivity contribution in [1.29, 1.82) is 0 Å². The summed E-state index contributed by atoms with van der Waals surface area (Å²) in [6.07, 6.45) is 6.33. The molecule has 1 saturated carbocycles. The largest absolute Gasteiger partial charge is 0.384 e. The third kappa shape index (κ3) is 3.50. The molecule has 2 heterocycles. The molecule has 1 aliphatic carbocycles. The third-order valence-electron chi connectivity index (χ3n) is 4.37. The molecular weight excluding hydrogens is 266 g/mol. The van der Waals surface area contributed by atoms with E-state index in [-0.39, 0.29) is 5.91 Å². The summed E-state index contributed by atoms with van der Waals surface area (Å²) < 4.78 is 0. The molecule has 1 aromatic heterocycles. The maximum Gasteiger partial charge on any atom is 0.219 e. The molecule has 0 radical (unpaired) electrons. The minimum atomic E-state index is 0.199. The molecular formula is C15H23N5O. The Balaban J connectivity index is 1.63.